The second-order valence-corrected chi connectivity index (χ2v) is 7.66. The van der Waals surface area contributed by atoms with E-state index in [-0.39, 0.29) is 29.8 Å². The molecule has 0 aliphatic heterocycles. The third-order valence-corrected chi connectivity index (χ3v) is 4.95. The molecule has 1 unspecified atom stereocenters. The number of rotatable bonds is 8. The molecule has 0 bridgehead atoms. The summed E-state index contributed by atoms with van der Waals surface area (Å²) in [5.41, 5.74) is 0.538. The number of nitrogens with one attached hydrogen (secondary N) is 1. The smallest absolute Gasteiger partial charge is 0.240 e. The van der Waals surface area contributed by atoms with Crippen LogP contribution >= 0.6 is 0 Å². The molecule has 2 N–H and O–H groups in total. The van der Waals surface area contributed by atoms with Crippen LogP contribution in [0.15, 0.2) is 53.4 Å². The first-order chi connectivity index (χ1) is 11.8. The van der Waals surface area contributed by atoms with Crippen LogP contribution in [0.5, 0.6) is 5.75 Å². The van der Waals surface area contributed by atoms with Gasteiger partial charge in [-0.2, -0.15) is 0 Å². The van der Waals surface area contributed by atoms with Gasteiger partial charge in [-0.15, -0.1) is 0 Å². The maximum Gasteiger partial charge on any atom is 0.240 e. The second-order valence-electron chi connectivity index (χ2n) is 5.89. The average Bonchev–Trinajstić information content (AvgIpc) is 2.55. The Balaban J connectivity index is 1.91. The Labute approximate surface area is 147 Å². The normalized spacial score (nSPS) is 13.0. The Morgan fingerprint density at radius 3 is 2.24 bits per heavy atom. The quantitative estimate of drug-likeness (QED) is 0.752. The SMILES string of the molecule is CC(C)Oc1ccc(S(=O)(=O)NCCC(O)c2ccc(F)cc2)cc1. The van der Waals surface area contributed by atoms with E-state index in [0.29, 0.717) is 11.3 Å². The molecule has 25 heavy (non-hydrogen) atoms. The highest BCUT2D eigenvalue weighted by atomic mass is 32.2. The van der Waals surface area contributed by atoms with Gasteiger partial charge >= 0.3 is 0 Å². The van der Waals surface area contributed by atoms with Crippen molar-refractivity contribution in [2.75, 3.05) is 6.54 Å². The average molecular weight is 367 g/mol. The van der Waals surface area contributed by atoms with Crippen LogP contribution in [-0.4, -0.2) is 26.2 Å². The van der Waals surface area contributed by atoms with Gasteiger partial charge in [-0.1, -0.05) is 12.1 Å². The first kappa shape index (κ1) is 19.4. The molecule has 136 valence electrons. The van der Waals surface area contributed by atoms with Crippen molar-refractivity contribution < 1.29 is 22.7 Å². The van der Waals surface area contributed by atoms with Crippen LogP contribution in [-0.2, 0) is 10.0 Å². The zero-order valence-electron chi connectivity index (χ0n) is 14.1. The largest absolute Gasteiger partial charge is 0.491 e. The molecule has 0 fully saturated rings. The van der Waals surface area contributed by atoms with Gasteiger partial charge in [0.15, 0.2) is 0 Å². The number of hydrogen-bond acceptors (Lipinski definition) is 4. The van der Waals surface area contributed by atoms with Crippen molar-refractivity contribution in [3.8, 4) is 5.75 Å². The summed E-state index contributed by atoms with van der Waals surface area (Å²) in [6.07, 6.45) is -0.682. The van der Waals surface area contributed by atoms with Crippen LogP contribution in [0.1, 0.15) is 31.9 Å². The molecule has 7 heteroatoms. The first-order valence-corrected chi connectivity index (χ1v) is 9.46. The van der Waals surface area contributed by atoms with Crippen LogP contribution < -0.4 is 9.46 Å². The molecule has 2 aromatic carbocycles. The van der Waals surface area contributed by atoms with E-state index in [1.807, 2.05) is 13.8 Å². The van der Waals surface area contributed by atoms with Gasteiger partial charge in [0, 0.05) is 6.54 Å². The number of ether oxygens (including phenoxy) is 1. The maximum atomic E-state index is 12.9. The van der Waals surface area contributed by atoms with E-state index < -0.39 is 16.1 Å². The van der Waals surface area contributed by atoms with Crippen molar-refractivity contribution in [3.63, 3.8) is 0 Å². The van der Waals surface area contributed by atoms with Crippen molar-refractivity contribution in [1.82, 2.24) is 4.72 Å². The maximum absolute atomic E-state index is 12.9. The third kappa shape index (κ3) is 5.81. The van der Waals surface area contributed by atoms with Gasteiger partial charge in [0.25, 0.3) is 0 Å². The first-order valence-electron chi connectivity index (χ1n) is 7.98. The minimum absolute atomic E-state index is 0.00790. The molecule has 0 saturated carbocycles. The van der Waals surface area contributed by atoms with Crippen LogP contribution in [0.3, 0.4) is 0 Å². The minimum atomic E-state index is -3.67. The van der Waals surface area contributed by atoms with Gasteiger partial charge in [-0.05, 0) is 62.2 Å². The lowest BCUT2D eigenvalue weighted by Crippen LogP contribution is -2.26. The van der Waals surface area contributed by atoms with Gasteiger partial charge in [-0.25, -0.2) is 17.5 Å². The Kier molecular flexibility index (Phi) is 6.52. The Morgan fingerprint density at radius 2 is 1.68 bits per heavy atom. The number of benzene rings is 2. The summed E-state index contributed by atoms with van der Waals surface area (Å²) in [6, 6.07) is 11.6. The van der Waals surface area contributed by atoms with Crippen LogP contribution in [0.2, 0.25) is 0 Å². The topological polar surface area (TPSA) is 75.6 Å². The molecule has 0 amide bonds. The summed E-state index contributed by atoms with van der Waals surface area (Å²) < 4.78 is 45.3. The summed E-state index contributed by atoms with van der Waals surface area (Å²) >= 11 is 0. The van der Waals surface area contributed by atoms with Gasteiger partial charge in [0.1, 0.15) is 11.6 Å². The molecule has 0 aromatic heterocycles. The van der Waals surface area contributed by atoms with Gasteiger partial charge < -0.3 is 9.84 Å². The monoisotopic (exact) mass is 367 g/mol. The number of aliphatic hydroxyl groups excluding tert-OH is 1. The van der Waals surface area contributed by atoms with E-state index in [9.17, 15) is 17.9 Å². The number of aliphatic hydroxyl groups is 1. The zero-order valence-corrected chi connectivity index (χ0v) is 15.0. The fourth-order valence-corrected chi connectivity index (χ4v) is 3.28. The highest BCUT2D eigenvalue weighted by Crippen LogP contribution is 2.19. The van der Waals surface area contributed by atoms with E-state index in [0.717, 1.165) is 0 Å². The molecule has 0 radical (unpaired) electrons. The minimum Gasteiger partial charge on any atom is -0.491 e. The van der Waals surface area contributed by atoms with Crippen molar-refractivity contribution in [3.05, 3.63) is 59.9 Å². The van der Waals surface area contributed by atoms with E-state index >= 15 is 0 Å². The summed E-state index contributed by atoms with van der Waals surface area (Å²) in [7, 11) is -3.67. The fourth-order valence-electron chi connectivity index (χ4n) is 2.23. The van der Waals surface area contributed by atoms with Crippen LogP contribution in [0.4, 0.5) is 4.39 Å². The molecule has 2 rings (SSSR count). The number of hydrogen-bond donors (Lipinski definition) is 2. The van der Waals surface area contributed by atoms with E-state index in [1.54, 1.807) is 12.1 Å². The van der Waals surface area contributed by atoms with Crippen LogP contribution in [0, 0.1) is 5.82 Å². The van der Waals surface area contributed by atoms with Crippen molar-refractivity contribution >= 4 is 10.0 Å². The van der Waals surface area contributed by atoms with E-state index in [4.69, 9.17) is 4.74 Å². The molecule has 0 saturated heterocycles. The highest BCUT2D eigenvalue weighted by molar-refractivity contribution is 7.89. The molecule has 0 spiro atoms. The highest BCUT2D eigenvalue weighted by Gasteiger charge is 2.15. The molecular formula is C18H22FNO4S. The Bertz CT molecular complexity index is 774. The second kappa shape index (κ2) is 8.42. The van der Waals surface area contributed by atoms with Gasteiger partial charge in [0.05, 0.1) is 17.1 Å². The third-order valence-electron chi connectivity index (χ3n) is 3.47. The Morgan fingerprint density at radius 1 is 1.08 bits per heavy atom. The predicted molar refractivity (Wildman–Crippen MR) is 93.4 cm³/mol. The molecule has 0 heterocycles. The molecule has 0 aliphatic rings. The zero-order chi connectivity index (χ0) is 18.4. The number of sulfonamides is 1. The van der Waals surface area contributed by atoms with Gasteiger partial charge in [0.2, 0.25) is 10.0 Å². The van der Waals surface area contributed by atoms with Crippen LogP contribution in [0.25, 0.3) is 0 Å². The molecule has 0 aliphatic carbocycles. The summed E-state index contributed by atoms with van der Waals surface area (Å²) in [5.74, 6) is 0.210. The predicted octanol–water partition coefficient (Wildman–Crippen LogP) is 3.01. The van der Waals surface area contributed by atoms with Crippen molar-refractivity contribution in [2.45, 2.75) is 37.4 Å². The van der Waals surface area contributed by atoms with E-state index in [1.165, 1.54) is 36.4 Å². The lowest BCUT2D eigenvalue weighted by atomic mass is 10.1. The van der Waals surface area contributed by atoms with Crippen molar-refractivity contribution in [1.29, 1.82) is 0 Å². The summed E-state index contributed by atoms with van der Waals surface area (Å²) in [5, 5.41) is 10.0. The molecular weight excluding hydrogens is 345 g/mol. The molecule has 2 aromatic rings. The van der Waals surface area contributed by atoms with Gasteiger partial charge in [-0.3, -0.25) is 0 Å². The Hall–Kier alpha value is -1.96. The lowest BCUT2D eigenvalue weighted by molar-refractivity contribution is 0.169. The van der Waals surface area contributed by atoms with Crippen molar-refractivity contribution in [2.24, 2.45) is 0 Å². The standard InChI is InChI=1S/C18H22FNO4S/c1-13(2)24-16-7-9-17(10-8-16)25(22,23)20-12-11-18(21)14-3-5-15(19)6-4-14/h3-10,13,18,20-21H,11-12H2,1-2H3. The molecule has 1 atom stereocenters. The van der Waals surface area contributed by atoms with E-state index in [2.05, 4.69) is 4.72 Å². The summed E-state index contributed by atoms with van der Waals surface area (Å²) in [4.78, 5) is 0.125. The lowest BCUT2D eigenvalue weighted by Gasteiger charge is -2.13. The fraction of sp³-hybridized carbons (Fsp3) is 0.333. The number of halogens is 1. The molecule has 5 nitrogen and oxygen atoms in total. The summed E-state index contributed by atoms with van der Waals surface area (Å²) in [6.45, 7) is 3.84.